The summed E-state index contributed by atoms with van der Waals surface area (Å²) in [5.74, 6) is 0.219. The molecule has 114 valence electrons. The van der Waals surface area contributed by atoms with Crippen LogP contribution in [0.15, 0.2) is 27.1 Å². The first kappa shape index (κ1) is 16.9. The van der Waals surface area contributed by atoms with Gasteiger partial charge in [0.05, 0.1) is 11.0 Å². The van der Waals surface area contributed by atoms with E-state index in [1.807, 2.05) is 6.07 Å². The van der Waals surface area contributed by atoms with Gasteiger partial charge in [-0.25, -0.2) is 0 Å². The maximum Gasteiger partial charge on any atom is 0.251 e. The zero-order chi connectivity index (χ0) is 15.4. The van der Waals surface area contributed by atoms with Gasteiger partial charge in [0.25, 0.3) is 5.91 Å². The van der Waals surface area contributed by atoms with Gasteiger partial charge in [0.2, 0.25) is 0 Å². The number of rotatable bonds is 4. The Morgan fingerprint density at radius 1 is 1.19 bits per heavy atom. The number of thiocarbonyl (C=S) groups is 1. The van der Waals surface area contributed by atoms with E-state index in [1.165, 1.54) is 19.3 Å². The molecule has 1 amide bonds. The van der Waals surface area contributed by atoms with Gasteiger partial charge in [-0.1, -0.05) is 63.3 Å². The second-order valence-corrected chi connectivity index (χ2v) is 7.71. The lowest BCUT2D eigenvalue weighted by Crippen LogP contribution is -2.48. The van der Waals surface area contributed by atoms with E-state index in [0.29, 0.717) is 16.5 Å². The molecule has 21 heavy (non-hydrogen) atoms. The standard InChI is InChI=1S/C15H18Br2N2OS/c16-11-6-10(7-12(17)8-11)15(20)19-13(14(18)21)9-4-2-1-3-5-9/h6-9,13H,1-5H2,(H2,18,21)(H,19,20). The predicted molar refractivity (Wildman–Crippen MR) is 96.5 cm³/mol. The highest BCUT2D eigenvalue weighted by Gasteiger charge is 2.27. The van der Waals surface area contributed by atoms with Gasteiger partial charge in [0, 0.05) is 14.5 Å². The minimum absolute atomic E-state index is 0.139. The summed E-state index contributed by atoms with van der Waals surface area (Å²) in [5, 5.41) is 3.01. The molecular formula is C15H18Br2N2OS. The SMILES string of the molecule is NC(=S)C(NC(=O)c1cc(Br)cc(Br)c1)C1CCCCC1. The summed E-state index contributed by atoms with van der Waals surface area (Å²) in [6.07, 6.45) is 5.77. The van der Waals surface area contributed by atoms with Crippen molar-refractivity contribution in [2.24, 2.45) is 11.7 Å². The number of nitrogens with two attached hydrogens (primary N) is 1. The first-order chi connectivity index (χ1) is 9.97. The molecule has 6 heteroatoms. The van der Waals surface area contributed by atoms with Crippen LogP contribution in [0, 0.1) is 5.92 Å². The molecule has 1 atom stereocenters. The van der Waals surface area contributed by atoms with Crippen molar-refractivity contribution in [2.75, 3.05) is 0 Å². The topological polar surface area (TPSA) is 55.1 Å². The fraction of sp³-hybridized carbons (Fsp3) is 0.467. The van der Waals surface area contributed by atoms with Crippen LogP contribution >= 0.6 is 44.1 Å². The molecule has 1 fully saturated rings. The molecule has 0 aliphatic heterocycles. The Bertz CT molecular complexity index is 524. The van der Waals surface area contributed by atoms with E-state index in [4.69, 9.17) is 18.0 Å². The average Bonchev–Trinajstić information content (AvgIpc) is 2.44. The zero-order valence-corrected chi connectivity index (χ0v) is 15.6. The fourth-order valence-corrected chi connectivity index (χ4v) is 4.34. The Hall–Kier alpha value is -0.460. The molecule has 2 rings (SSSR count). The third-order valence-corrected chi connectivity index (χ3v) is 5.01. The smallest absolute Gasteiger partial charge is 0.251 e. The third kappa shape index (κ3) is 4.76. The average molecular weight is 434 g/mol. The molecule has 0 saturated heterocycles. The van der Waals surface area contributed by atoms with Crippen LogP contribution in [-0.4, -0.2) is 16.9 Å². The summed E-state index contributed by atoms with van der Waals surface area (Å²) in [4.78, 5) is 12.8. The third-order valence-electron chi connectivity index (χ3n) is 3.84. The molecule has 1 aromatic carbocycles. The van der Waals surface area contributed by atoms with E-state index in [2.05, 4.69) is 37.2 Å². The fourth-order valence-electron chi connectivity index (χ4n) is 2.80. The molecule has 1 unspecified atom stereocenters. The first-order valence-corrected chi connectivity index (χ1v) is 9.03. The van der Waals surface area contributed by atoms with Crippen LogP contribution in [0.4, 0.5) is 0 Å². The molecule has 3 N–H and O–H groups in total. The number of hydrogen-bond acceptors (Lipinski definition) is 2. The van der Waals surface area contributed by atoms with E-state index in [0.717, 1.165) is 21.8 Å². The predicted octanol–water partition coefficient (Wildman–Crippen LogP) is 4.18. The summed E-state index contributed by atoms with van der Waals surface area (Å²) in [6, 6.07) is 5.25. The summed E-state index contributed by atoms with van der Waals surface area (Å²) in [7, 11) is 0. The monoisotopic (exact) mass is 432 g/mol. The van der Waals surface area contributed by atoms with E-state index in [-0.39, 0.29) is 11.9 Å². The number of nitrogens with one attached hydrogen (secondary N) is 1. The Balaban J connectivity index is 2.12. The van der Waals surface area contributed by atoms with Crippen LogP contribution in [0.3, 0.4) is 0 Å². The van der Waals surface area contributed by atoms with Gasteiger partial charge in [0.1, 0.15) is 0 Å². The highest BCUT2D eigenvalue weighted by atomic mass is 79.9. The van der Waals surface area contributed by atoms with Gasteiger partial charge in [-0.15, -0.1) is 0 Å². The Morgan fingerprint density at radius 2 is 1.76 bits per heavy atom. The highest BCUT2D eigenvalue weighted by Crippen LogP contribution is 2.27. The molecular weight excluding hydrogens is 416 g/mol. The van der Waals surface area contributed by atoms with Gasteiger partial charge in [-0.2, -0.15) is 0 Å². The van der Waals surface area contributed by atoms with E-state index < -0.39 is 0 Å². The van der Waals surface area contributed by atoms with Crippen molar-refractivity contribution in [3.8, 4) is 0 Å². The normalized spacial score (nSPS) is 17.2. The number of halogens is 2. The quantitative estimate of drug-likeness (QED) is 0.700. The van der Waals surface area contributed by atoms with Crippen molar-refractivity contribution >= 4 is 55.0 Å². The van der Waals surface area contributed by atoms with Gasteiger partial charge in [-0.3, -0.25) is 4.79 Å². The largest absolute Gasteiger partial charge is 0.392 e. The van der Waals surface area contributed by atoms with Crippen LogP contribution in [0.25, 0.3) is 0 Å². The Kier molecular flexibility index (Phi) is 6.20. The first-order valence-electron chi connectivity index (χ1n) is 7.03. The van der Waals surface area contributed by atoms with Crippen LogP contribution in [0.1, 0.15) is 42.5 Å². The second-order valence-electron chi connectivity index (χ2n) is 5.41. The van der Waals surface area contributed by atoms with Crippen LogP contribution in [0.2, 0.25) is 0 Å². The van der Waals surface area contributed by atoms with Gasteiger partial charge >= 0.3 is 0 Å². The van der Waals surface area contributed by atoms with Crippen molar-refractivity contribution in [2.45, 2.75) is 38.1 Å². The number of amides is 1. The number of benzene rings is 1. The van der Waals surface area contributed by atoms with Crippen molar-refractivity contribution < 1.29 is 4.79 Å². The molecule has 1 saturated carbocycles. The molecule has 0 heterocycles. The minimum Gasteiger partial charge on any atom is -0.392 e. The molecule has 0 bridgehead atoms. The Labute approximate surface area is 147 Å². The van der Waals surface area contributed by atoms with Crippen LogP contribution in [-0.2, 0) is 0 Å². The molecule has 0 radical (unpaired) electrons. The molecule has 0 aromatic heterocycles. The lowest BCUT2D eigenvalue weighted by Gasteiger charge is -2.30. The van der Waals surface area contributed by atoms with E-state index in [1.54, 1.807) is 12.1 Å². The van der Waals surface area contributed by atoms with Crippen molar-refractivity contribution in [3.05, 3.63) is 32.7 Å². The van der Waals surface area contributed by atoms with Crippen molar-refractivity contribution in [1.82, 2.24) is 5.32 Å². The van der Waals surface area contributed by atoms with Gasteiger partial charge in [0.15, 0.2) is 0 Å². The van der Waals surface area contributed by atoms with Crippen molar-refractivity contribution in [1.29, 1.82) is 0 Å². The summed E-state index contributed by atoms with van der Waals surface area (Å²) < 4.78 is 1.71. The lowest BCUT2D eigenvalue weighted by molar-refractivity contribution is 0.0931. The molecule has 1 aliphatic carbocycles. The lowest BCUT2D eigenvalue weighted by atomic mass is 9.83. The maximum absolute atomic E-state index is 12.4. The molecule has 3 nitrogen and oxygen atoms in total. The minimum atomic E-state index is -0.217. The van der Waals surface area contributed by atoms with Crippen molar-refractivity contribution in [3.63, 3.8) is 0 Å². The number of carbonyl (C=O) groups is 1. The van der Waals surface area contributed by atoms with E-state index in [9.17, 15) is 4.79 Å². The maximum atomic E-state index is 12.4. The zero-order valence-electron chi connectivity index (χ0n) is 11.6. The van der Waals surface area contributed by atoms with Crippen LogP contribution < -0.4 is 11.1 Å². The molecule has 1 aliphatic rings. The Morgan fingerprint density at radius 3 is 2.29 bits per heavy atom. The molecule has 0 spiro atoms. The highest BCUT2D eigenvalue weighted by molar-refractivity contribution is 9.11. The summed E-state index contributed by atoms with van der Waals surface area (Å²) in [6.45, 7) is 0. The summed E-state index contributed by atoms with van der Waals surface area (Å²) >= 11 is 11.9. The number of hydrogen-bond donors (Lipinski definition) is 2. The summed E-state index contributed by atoms with van der Waals surface area (Å²) in [5.41, 5.74) is 6.44. The van der Waals surface area contributed by atoms with Crippen LogP contribution in [0.5, 0.6) is 0 Å². The van der Waals surface area contributed by atoms with Gasteiger partial charge in [-0.05, 0) is 37.0 Å². The van der Waals surface area contributed by atoms with Gasteiger partial charge < -0.3 is 11.1 Å². The number of carbonyl (C=O) groups excluding carboxylic acids is 1. The second kappa shape index (κ2) is 7.70. The van der Waals surface area contributed by atoms with E-state index >= 15 is 0 Å². The molecule has 1 aromatic rings.